The van der Waals surface area contributed by atoms with Gasteiger partial charge in [-0.05, 0) is 69.2 Å². The summed E-state index contributed by atoms with van der Waals surface area (Å²) in [6, 6.07) is 12.4. The van der Waals surface area contributed by atoms with Crippen molar-refractivity contribution in [1.82, 2.24) is 9.47 Å². The first-order chi connectivity index (χ1) is 14.0. The van der Waals surface area contributed by atoms with Gasteiger partial charge in [0, 0.05) is 18.1 Å². The van der Waals surface area contributed by atoms with Gasteiger partial charge in [0.1, 0.15) is 17.3 Å². The Bertz CT molecular complexity index is 942. The number of nitrogens with zero attached hydrogens (tertiary/aromatic N) is 2. The summed E-state index contributed by atoms with van der Waals surface area (Å²) in [5, 5.41) is 17.1. The number of ether oxygens (including phenoxy) is 1. The second-order valence-electron chi connectivity index (χ2n) is 8.40. The first-order valence-corrected chi connectivity index (χ1v) is 10.6. The highest BCUT2D eigenvalue weighted by molar-refractivity contribution is 5.80. The Hall–Kier alpha value is -2.60. The number of rotatable bonds is 2. The van der Waals surface area contributed by atoms with Gasteiger partial charge in [-0.2, -0.15) is 0 Å². The molecule has 0 amide bonds. The third-order valence-electron chi connectivity index (χ3n) is 6.35. The van der Waals surface area contributed by atoms with Gasteiger partial charge < -0.3 is 15.4 Å². The van der Waals surface area contributed by atoms with E-state index in [0.717, 1.165) is 36.8 Å². The van der Waals surface area contributed by atoms with E-state index >= 15 is 0 Å². The number of nitrogens with one attached hydrogen (secondary N) is 2. The molecule has 0 spiro atoms. The molecule has 4 rings (SSSR count). The van der Waals surface area contributed by atoms with Crippen molar-refractivity contribution in [2.75, 3.05) is 0 Å². The maximum Gasteiger partial charge on any atom is 0.204 e. The maximum atomic E-state index is 8.78. The number of aromatic nitrogens is 1. The Labute approximate surface area is 172 Å². The monoisotopic (exact) mass is 393 g/mol. The van der Waals surface area contributed by atoms with Crippen LogP contribution in [-0.2, 0) is 0 Å². The van der Waals surface area contributed by atoms with Crippen molar-refractivity contribution >= 4 is 5.96 Å². The zero-order chi connectivity index (χ0) is 20.5. The second-order valence-corrected chi connectivity index (χ2v) is 8.40. The number of hydrogen-bond acceptors (Lipinski definition) is 4. The van der Waals surface area contributed by atoms with E-state index in [1.165, 1.54) is 6.42 Å². The third-order valence-corrected chi connectivity index (χ3v) is 6.35. The highest BCUT2D eigenvalue weighted by atomic mass is 16.5. The summed E-state index contributed by atoms with van der Waals surface area (Å²) >= 11 is 0. The summed E-state index contributed by atoms with van der Waals surface area (Å²) in [5.74, 6) is 1.03. The van der Waals surface area contributed by atoms with Crippen LogP contribution in [-0.4, -0.2) is 27.5 Å². The number of benzene rings is 1. The van der Waals surface area contributed by atoms with Crippen molar-refractivity contribution in [2.24, 2.45) is 5.73 Å². The molecule has 1 fully saturated rings. The predicted octanol–water partition coefficient (Wildman–Crippen LogP) is 3.93. The minimum absolute atomic E-state index is 0.0573. The van der Waals surface area contributed by atoms with Crippen molar-refractivity contribution < 1.29 is 4.74 Å². The molecule has 0 saturated carbocycles. The molecule has 1 aliphatic heterocycles. The van der Waals surface area contributed by atoms with E-state index in [0.29, 0.717) is 29.3 Å². The molecule has 154 valence electrons. The van der Waals surface area contributed by atoms with Gasteiger partial charge in [-0.1, -0.05) is 24.3 Å². The lowest BCUT2D eigenvalue weighted by Crippen LogP contribution is -2.51. The minimum atomic E-state index is -0.0574. The third kappa shape index (κ3) is 3.81. The average molecular weight is 394 g/mol. The van der Waals surface area contributed by atoms with Crippen LogP contribution in [0, 0.1) is 10.8 Å². The number of likely N-dealkylation sites (tertiary alicyclic amines) is 1. The summed E-state index contributed by atoms with van der Waals surface area (Å²) in [5.41, 5.74) is 8.86. The molecule has 1 aliphatic carbocycles. The lowest BCUT2D eigenvalue weighted by atomic mass is 9.86. The fraction of sp³-hybridized carbons (Fsp3) is 0.478. The molecule has 2 heterocycles. The number of piperidine rings is 1. The zero-order valence-corrected chi connectivity index (χ0v) is 17.3. The lowest BCUT2D eigenvalue weighted by molar-refractivity contribution is 0.173. The van der Waals surface area contributed by atoms with E-state index < -0.39 is 0 Å². The Morgan fingerprint density at radius 3 is 2.41 bits per heavy atom. The summed E-state index contributed by atoms with van der Waals surface area (Å²) in [4.78, 5) is 2.13. The number of pyridine rings is 1. The molecule has 6 nitrogen and oxygen atoms in total. The van der Waals surface area contributed by atoms with E-state index in [2.05, 4.69) is 30.9 Å². The summed E-state index contributed by atoms with van der Waals surface area (Å²) in [6.45, 7) is 4.33. The van der Waals surface area contributed by atoms with Gasteiger partial charge in [0.15, 0.2) is 0 Å². The van der Waals surface area contributed by atoms with Crippen LogP contribution in [0.5, 0.6) is 5.75 Å². The molecule has 0 bridgehead atoms. The van der Waals surface area contributed by atoms with Crippen LogP contribution in [0.3, 0.4) is 0 Å². The predicted molar refractivity (Wildman–Crippen MR) is 114 cm³/mol. The van der Waals surface area contributed by atoms with E-state index in [4.69, 9.17) is 21.3 Å². The van der Waals surface area contributed by atoms with E-state index in [1.807, 2.05) is 18.2 Å². The van der Waals surface area contributed by atoms with Crippen LogP contribution in [0.4, 0.5) is 0 Å². The van der Waals surface area contributed by atoms with Gasteiger partial charge >= 0.3 is 0 Å². The van der Waals surface area contributed by atoms with Gasteiger partial charge in [-0.25, -0.2) is 0 Å². The van der Waals surface area contributed by atoms with Gasteiger partial charge in [0.05, 0.1) is 6.20 Å². The Morgan fingerprint density at radius 2 is 1.69 bits per heavy atom. The van der Waals surface area contributed by atoms with Crippen molar-refractivity contribution in [2.45, 2.75) is 70.2 Å². The number of nitrogens with two attached hydrogens (primary N) is 1. The highest BCUT2D eigenvalue weighted by Crippen LogP contribution is 2.37. The topological polar surface area (TPSA) is 91.1 Å². The molecule has 1 aromatic carbocycles. The van der Waals surface area contributed by atoms with Crippen LogP contribution >= 0.6 is 0 Å². The smallest absolute Gasteiger partial charge is 0.204 e. The van der Waals surface area contributed by atoms with E-state index in [1.54, 1.807) is 16.8 Å². The molecule has 2 aliphatic rings. The first-order valence-electron chi connectivity index (χ1n) is 10.6. The molecule has 4 unspecified atom stereocenters. The van der Waals surface area contributed by atoms with Gasteiger partial charge in [-0.15, -0.1) is 0 Å². The lowest BCUT2D eigenvalue weighted by Gasteiger charge is -2.41. The second kappa shape index (κ2) is 8.03. The van der Waals surface area contributed by atoms with Crippen LogP contribution < -0.4 is 16.0 Å². The van der Waals surface area contributed by atoms with Crippen LogP contribution in [0.15, 0.2) is 42.6 Å². The summed E-state index contributed by atoms with van der Waals surface area (Å²) in [7, 11) is 0. The Morgan fingerprint density at radius 1 is 1.00 bits per heavy atom. The molecule has 29 heavy (non-hydrogen) atoms. The number of fused-ring (bicyclic) bond motifs is 1. The van der Waals surface area contributed by atoms with Crippen molar-refractivity contribution in [1.29, 1.82) is 10.8 Å². The highest BCUT2D eigenvalue weighted by Gasteiger charge is 2.29. The van der Waals surface area contributed by atoms with E-state index in [9.17, 15) is 0 Å². The summed E-state index contributed by atoms with van der Waals surface area (Å²) < 4.78 is 7.98. The van der Waals surface area contributed by atoms with Gasteiger partial charge in [0.2, 0.25) is 5.96 Å². The van der Waals surface area contributed by atoms with Gasteiger partial charge in [-0.3, -0.25) is 15.4 Å². The molecule has 4 N–H and O–H groups in total. The van der Waals surface area contributed by atoms with E-state index in [-0.39, 0.29) is 12.1 Å². The minimum Gasteiger partial charge on any atom is -0.484 e. The van der Waals surface area contributed by atoms with Gasteiger partial charge in [0.25, 0.3) is 0 Å². The largest absolute Gasteiger partial charge is 0.484 e. The SMILES string of the molecule is CC1CCCC(C)N1C(=N)n1cc(OC2CCC(N)c3ccccc32)ccc1=N. The molecule has 4 atom stereocenters. The summed E-state index contributed by atoms with van der Waals surface area (Å²) in [6.07, 6.45) is 6.83. The normalized spacial score (nSPS) is 26.7. The zero-order valence-electron chi connectivity index (χ0n) is 17.3. The maximum absolute atomic E-state index is 8.78. The van der Waals surface area contributed by atoms with Crippen molar-refractivity contribution in [3.05, 3.63) is 59.2 Å². The standard InChI is InChI=1S/C23H31N5O/c1-15-6-5-7-16(2)28(15)23(26)27-14-17(10-13-22(27)25)29-21-12-11-20(24)18-8-3-4-9-19(18)21/h3-4,8-10,13-16,20-21,25-26H,5-7,11-12,24H2,1-2H3. The molecule has 1 saturated heterocycles. The molecule has 2 aromatic rings. The first kappa shape index (κ1) is 19.7. The van der Waals surface area contributed by atoms with Crippen LogP contribution in [0.25, 0.3) is 0 Å². The van der Waals surface area contributed by atoms with Crippen LogP contribution in [0.2, 0.25) is 0 Å². The molecular formula is C23H31N5O. The Kier molecular flexibility index (Phi) is 5.46. The number of hydrogen-bond donors (Lipinski definition) is 3. The molecular weight excluding hydrogens is 362 g/mol. The fourth-order valence-corrected chi connectivity index (χ4v) is 4.76. The molecule has 1 aromatic heterocycles. The Balaban J connectivity index is 1.60. The van der Waals surface area contributed by atoms with Crippen molar-refractivity contribution in [3.8, 4) is 5.75 Å². The molecule has 0 radical (unpaired) electrons. The molecule has 6 heteroatoms. The fourth-order valence-electron chi connectivity index (χ4n) is 4.76. The van der Waals surface area contributed by atoms with Crippen molar-refractivity contribution in [3.63, 3.8) is 0 Å². The quantitative estimate of drug-likeness (QED) is 0.533. The average Bonchev–Trinajstić information content (AvgIpc) is 2.71. The van der Waals surface area contributed by atoms with Crippen LogP contribution in [0.1, 0.15) is 69.2 Å².